The van der Waals surface area contributed by atoms with Crippen LogP contribution in [0.1, 0.15) is 24.9 Å². The van der Waals surface area contributed by atoms with E-state index < -0.39 is 0 Å². The van der Waals surface area contributed by atoms with E-state index in [1.807, 2.05) is 37.3 Å². The lowest BCUT2D eigenvalue weighted by molar-refractivity contribution is 0.225. The van der Waals surface area contributed by atoms with Crippen LogP contribution in [-0.4, -0.2) is 38.6 Å². The molecule has 0 radical (unpaired) electrons. The number of carbonyl (C=O) groups is 1. The zero-order valence-corrected chi connectivity index (χ0v) is 12.5. The minimum atomic E-state index is -0.269. The van der Waals surface area contributed by atoms with Gasteiger partial charge in [-0.15, -0.1) is 0 Å². The largest absolute Gasteiger partial charge is 0.396 e. The Morgan fingerprint density at radius 2 is 2.09 bits per heavy atom. The third-order valence-electron chi connectivity index (χ3n) is 3.23. The summed E-state index contributed by atoms with van der Waals surface area (Å²) >= 11 is 0. The lowest BCUT2D eigenvalue weighted by atomic mass is 10.0. The number of rotatable bonds is 7. The first kappa shape index (κ1) is 16.0. The highest BCUT2D eigenvalue weighted by atomic mass is 16.3. The molecule has 1 aromatic carbocycles. The van der Waals surface area contributed by atoms with Crippen LogP contribution < -0.4 is 10.6 Å². The van der Waals surface area contributed by atoms with Crippen molar-refractivity contribution in [1.29, 1.82) is 0 Å². The van der Waals surface area contributed by atoms with Gasteiger partial charge in [-0.05, 0) is 18.9 Å². The molecule has 0 fully saturated rings. The maximum Gasteiger partial charge on any atom is 0.315 e. The number of nitrogens with zero attached hydrogens (tertiary/aromatic N) is 3. The van der Waals surface area contributed by atoms with Crippen LogP contribution in [0.15, 0.2) is 43.0 Å². The van der Waals surface area contributed by atoms with Crippen molar-refractivity contribution in [2.24, 2.45) is 0 Å². The second-order valence-corrected chi connectivity index (χ2v) is 5.11. The first-order chi connectivity index (χ1) is 10.7. The number of carbonyl (C=O) groups excluding carboxylic acids is 1. The molecule has 1 aromatic heterocycles. The number of nitrogens with one attached hydrogen (secondary N) is 2. The van der Waals surface area contributed by atoms with E-state index in [0.717, 1.165) is 5.56 Å². The van der Waals surface area contributed by atoms with E-state index in [4.69, 9.17) is 0 Å². The van der Waals surface area contributed by atoms with Gasteiger partial charge in [-0.1, -0.05) is 30.3 Å². The molecule has 2 amide bonds. The maximum absolute atomic E-state index is 12.1. The summed E-state index contributed by atoms with van der Waals surface area (Å²) in [4.78, 5) is 16.0. The number of aliphatic hydroxyl groups excluding tert-OH is 1. The topological polar surface area (TPSA) is 92.1 Å². The van der Waals surface area contributed by atoms with Gasteiger partial charge >= 0.3 is 6.03 Å². The summed E-state index contributed by atoms with van der Waals surface area (Å²) in [5.74, 6) is 0. The van der Waals surface area contributed by atoms with Crippen molar-refractivity contribution < 1.29 is 9.90 Å². The minimum Gasteiger partial charge on any atom is -0.396 e. The van der Waals surface area contributed by atoms with Crippen LogP contribution in [0.25, 0.3) is 0 Å². The fraction of sp³-hybridized carbons (Fsp3) is 0.400. The van der Waals surface area contributed by atoms with Gasteiger partial charge in [-0.3, -0.25) is 4.68 Å². The molecule has 0 aliphatic heterocycles. The molecule has 2 aromatic rings. The molecule has 7 nitrogen and oxygen atoms in total. The zero-order valence-electron chi connectivity index (χ0n) is 12.5. The lowest BCUT2D eigenvalue weighted by Crippen LogP contribution is -2.44. The summed E-state index contributed by atoms with van der Waals surface area (Å²) in [5, 5.41) is 18.9. The van der Waals surface area contributed by atoms with Crippen LogP contribution >= 0.6 is 0 Å². The van der Waals surface area contributed by atoms with Crippen LogP contribution in [-0.2, 0) is 6.54 Å². The van der Waals surface area contributed by atoms with E-state index in [1.165, 1.54) is 6.33 Å². The minimum absolute atomic E-state index is 0.00828. The van der Waals surface area contributed by atoms with E-state index in [9.17, 15) is 9.90 Å². The molecular weight excluding hydrogens is 282 g/mol. The number of hydrogen-bond donors (Lipinski definition) is 3. The van der Waals surface area contributed by atoms with Crippen molar-refractivity contribution in [3.8, 4) is 0 Å². The van der Waals surface area contributed by atoms with Gasteiger partial charge in [-0.25, -0.2) is 9.78 Å². The molecular formula is C15H21N5O2. The van der Waals surface area contributed by atoms with Gasteiger partial charge in [0.05, 0.1) is 12.6 Å². The van der Waals surface area contributed by atoms with E-state index in [0.29, 0.717) is 13.0 Å². The third kappa shape index (κ3) is 4.85. The van der Waals surface area contributed by atoms with Crippen LogP contribution in [0, 0.1) is 0 Å². The van der Waals surface area contributed by atoms with Crippen LogP contribution in [0.3, 0.4) is 0 Å². The fourth-order valence-corrected chi connectivity index (χ4v) is 2.21. The van der Waals surface area contributed by atoms with Crippen molar-refractivity contribution in [2.45, 2.75) is 32.0 Å². The smallest absolute Gasteiger partial charge is 0.315 e. The van der Waals surface area contributed by atoms with Gasteiger partial charge in [0.15, 0.2) is 0 Å². The molecule has 0 spiro atoms. The standard InChI is InChI=1S/C15H21N5O2/c1-12(9-20-11-16-10-17-20)18-15(22)19-14(7-8-21)13-5-3-2-4-6-13/h2-6,10-12,14,21H,7-9H2,1H3,(H2,18,19,22)/t12?,14-/m1/s1. The highest BCUT2D eigenvalue weighted by molar-refractivity contribution is 5.74. The van der Waals surface area contributed by atoms with E-state index >= 15 is 0 Å². The summed E-state index contributed by atoms with van der Waals surface area (Å²) in [6, 6.07) is 9.02. The molecule has 1 unspecified atom stereocenters. The Hall–Kier alpha value is -2.41. The van der Waals surface area contributed by atoms with Crippen LogP contribution in [0.2, 0.25) is 0 Å². The molecule has 0 bridgehead atoms. The van der Waals surface area contributed by atoms with Crippen molar-refractivity contribution in [3.63, 3.8) is 0 Å². The Balaban J connectivity index is 1.88. The van der Waals surface area contributed by atoms with Crippen LogP contribution in [0.5, 0.6) is 0 Å². The molecule has 0 aliphatic carbocycles. The number of urea groups is 1. The van der Waals surface area contributed by atoms with Gasteiger partial charge < -0.3 is 15.7 Å². The Kier molecular flexibility index (Phi) is 5.91. The second-order valence-electron chi connectivity index (χ2n) is 5.11. The maximum atomic E-state index is 12.1. The molecule has 2 rings (SSSR count). The zero-order chi connectivity index (χ0) is 15.8. The molecule has 7 heteroatoms. The van der Waals surface area contributed by atoms with Gasteiger partial charge in [0.25, 0.3) is 0 Å². The normalized spacial score (nSPS) is 13.4. The van der Waals surface area contributed by atoms with Crippen LogP contribution in [0.4, 0.5) is 4.79 Å². The molecule has 0 saturated heterocycles. The average Bonchev–Trinajstić information content (AvgIpc) is 3.00. The number of hydrogen-bond acceptors (Lipinski definition) is 4. The molecule has 3 N–H and O–H groups in total. The van der Waals surface area contributed by atoms with Crippen molar-refractivity contribution in [2.75, 3.05) is 6.61 Å². The Labute approximate surface area is 129 Å². The SMILES string of the molecule is CC(Cn1cncn1)NC(=O)N[C@H](CCO)c1ccccc1. The van der Waals surface area contributed by atoms with Gasteiger partial charge in [0.1, 0.15) is 12.7 Å². The quantitative estimate of drug-likeness (QED) is 0.714. The van der Waals surface area contributed by atoms with E-state index in [2.05, 4.69) is 20.7 Å². The van der Waals surface area contributed by atoms with Crippen molar-refractivity contribution in [1.82, 2.24) is 25.4 Å². The molecule has 0 saturated carbocycles. The fourth-order valence-electron chi connectivity index (χ4n) is 2.21. The predicted octanol–water partition coefficient (Wildman–Crippen LogP) is 1.09. The summed E-state index contributed by atoms with van der Waals surface area (Å²) in [6.07, 6.45) is 3.53. The summed E-state index contributed by atoms with van der Waals surface area (Å²) in [6.45, 7) is 2.45. The van der Waals surface area contributed by atoms with E-state index in [1.54, 1.807) is 11.0 Å². The molecule has 2 atom stereocenters. The Bertz CT molecular complexity index is 559. The highest BCUT2D eigenvalue weighted by Gasteiger charge is 2.15. The number of benzene rings is 1. The number of amides is 2. The molecule has 0 aliphatic rings. The Morgan fingerprint density at radius 1 is 1.32 bits per heavy atom. The highest BCUT2D eigenvalue weighted by Crippen LogP contribution is 2.15. The summed E-state index contributed by atoms with van der Waals surface area (Å²) in [7, 11) is 0. The number of aliphatic hydroxyl groups is 1. The summed E-state index contributed by atoms with van der Waals surface area (Å²) < 4.78 is 1.66. The van der Waals surface area contributed by atoms with Gasteiger partial charge in [0, 0.05) is 12.6 Å². The van der Waals surface area contributed by atoms with Crippen molar-refractivity contribution >= 4 is 6.03 Å². The summed E-state index contributed by atoms with van der Waals surface area (Å²) in [5.41, 5.74) is 0.968. The predicted molar refractivity (Wildman–Crippen MR) is 82.0 cm³/mol. The van der Waals surface area contributed by atoms with Crippen molar-refractivity contribution in [3.05, 3.63) is 48.5 Å². The van der Waals surface area contributed by atoms with Gasteiger partial charge in [-0.2, -0.15) is 5.10 Å². The molecule has 22 heavy (non-hydrogen) atoms. The second kappa shape index (κ2) is 8.14. The first-order valence-electron chi connectivity index (χ1n) is 7.24. The molecule has 118 valence electrons. The third-order valence-corrected chi connectivity index (χ3v) is 3.23. The average molecular weight is 303 g/mol. The first-order valence-corrected chi connectivity index (χ1v) is 7.24. The van der Waals surface area contributed by atoms with E-state index in [-0.39, 0.29) is 24.7 Å². The monoisotopic (exact) mass is 303 g/mol. The Morgan fingerprint density at radius 3 is 2.73 bits per heavy atom. The van der Waals surface area contributed by atoms with Gasteiger partial charge in [0.2, 0.25) is 0 Å². The lowest BCUT2D eigenvalue weighted by Gasteiger charge is -2.21. The molecule has 1 heterocycles. The number of aromatic nitrogens is 3.